The van der Waals surface area contributed by atoms with Gasteiger partial charge in [-0.15, -0.1) is 0 Å². The number of fused-ring (bicyclic) bond motifs is 1. The molecule has 0 aliphatic heterocycles. The zero-order chi connectivity index (χ0) is 14.3. The molecule has 5 nitrogen and oxygen atoms in total. The highest BCUT2D eigenvalue weighted by Gasteiger charge is 2.12. The zero-order valence-corrected chi connectivity index (χ0v) is 12.4. The quantitative estimate of drug-likeness (QED) is 0.798. The SMILES string of the molecule is Cn1ccc(CCn2c(N)nc3cc(F)c(Br)cc32)n1. The number of imidazole rings is 1. The van der Waals surface area contributed by atoms with Crippen LogP contribution in [0, 0.1) is 5.82 Å². The summed E-state index contributed by atoms with van der Waals surface area (Å²) in [6, 6.07) is 5.05. The summed E-state index contributed by atoms with van der Waals surface area (Å²) in [5.74, 6) is 0.0420. The second-order valence-electron chi connectivity index (χ2n) is 4.61. The molecule has 0 radical (unpaired) electrons. The Morgan fingerprint density at radius 2 is 2.20 bits per heavy atom. The van der Waals surface area contributed by atoms with Crippen molar-refractivity contribution in [1.29, 1.82) is 0 Å². The predicted octanol–water partition coefficient (Wildman–Crippen LogP) is 2.50. The molecule has 1 aromatic carbocycles. The highest BCUT2D eigenvalue weighted by atomic mass is 79.9. The fourth-order valence-corrected chi connectivity index (χ4v) is 2.53. The third-order valence-corrected chi connectivity index (χ3v) is 3.79. The highest BCUT2D eigenvalue weighted by Crippen LogP contribution is 2.25. The number of nitrogens with zero attached hydrogens (tertiary/aromatic N) is 4. The Labute approximate surface area is 123 Å². The number of aromatic nitrogens is 4. The first-order chi connectivity index (χ1) is 9.54. The summed E-state index contributed by atoms with van der Waals surface area (Å²) in [6.45, 7) is 0.650. The number of nitrogen functional groups attached to an aromatic ring is 1. The van der Waals surface area contributed by atoms with Crippen molar-refractivity contribution in [1.82, 2.24) is 19.3 Å². The Hall–Kier alpha value is -1.89. The Bertz CT molecular complexity index is 777. The largest absolute Gasteiger partial charge is 0.369 e. The van der Waals surface area contributed by atoms with E-state index in [4.69, 9.17) is 5.73 Å². The number of rotatable bonds is 3. The zero-order valence-electron chi connectivity index (χ0n) is 10.8. The van der Waals surface area contributed by atoms with Crippen molar-refractivity contribution in [2.24, 2.45) is 7.05 Å². The smallest absolute Gasteiger partial charge is 0.201 e. The number of hydrogen-bond acceptors (Lipinski definition) is 3. The molecule has 0 fully saturated rings. The van der Waals surface area contributed by atoms with Gasteiger partial charge in [0.05, 0.1) is 21.2 Å². The third kappa shape index (κ3) is 2.29. The molecule has 0 bridgehead atoms. The summed E-state index contributed by atoms with van der Waals surface area (Å²) in [5, 5.41) is 4.32. The van der Waals surface area contributed by atoms with Crippen LogP contribution in [0.2, 0.25) is 0 Å². The summed E-state index contributed by atoms with van der Waals surface area (Å²) >= 11 is 3.19. The predicted molar refractivity (Wildman–Crippen MR) is 78.7 cm³/mol. The van der Waals surface area contributed by atoms with E-state index in [0.29, 0.717) is 22.5 Å². The van der Waals surface area contributed by atoms with Crippen LogP contribution in [0.25, 0.3) is 11.0 Å². The van der Waals surface area contributed by atoms with Crippen molar-refractivity contribution in [3.05, 3.63) is 40.4 Å². The monoisotopic (exact) mass is 337 g/mol. The first kappa shape index (κ1) is 13.1. The van der Waals surface area contributed by atoms with Crippen molar-refractivity contribution in [3.63, 3.8) is 0 Å². The van der Waals surface area contributed by atoms with Crippen LogP contribution < -0.4 is 5.73 Å². The van der Waals surface area contributed by atoms with Crippen LogP contribution in [0.15, 0.2) is 28.9 Å². The molecule has 0 saturated carbocycles. The molecule has 0 aliphatic carbocycles. The normalized spacial score (nSPS) is 11.3. The van der Waals surface area contributed by atoms with E-state index in [2.05, 4.69) is 26.0 Å². The molecule has 20 heavy (non-hydrogen) atoms. The van der Waals surface area contributed by atoms with Gasteiger partial charge < -0.3 is 10.3 Å². The number of halogens is 2. The first-order valence-electron chi connectivity index (χ1n) is 6.14. The minimum absolute atomic E-state index is 0.341. The number of aryl methyl sites for hydroxylation is 3. The van der Waals surface area contributed by atoms with Crippen molar-refractivity contribution in [2.75, 3.05) is 5.73 Å². The molecule has 3 rings (SSSR count). The van der Waals surface area contributed by atoms with E-state index in [1.54, 1.807) is 10.7 Å². The maximum atomic E-state index is 13.5. The third-order valence-electron chi connectivity index (χ3n) is 3.18. The second kappa shape index (κ2) is 4.90. The van der Waals surface area contributed by atoms with E-state index in [9.17, 15) is 4.39 Å². The van der Waals surface area contributed by atoms with Crippen molar-refractivity contribution >= 4 is 32.9 Å². The molecule has 7 heteroatoms. The lowest BCUT2D eigenvalue weighted by Gasteiger charge is -2.05. The van der Waals surface area contributed by atoms with Crippen LogP contribution in [0.1, 0.15) is 5.69 Å². The van der Waals surface area contributed by atoms with E-state index in [-0.39, 0.29) is 5.82 Å². The van der Waals surface area contributed by atoms with Crippen LogP contribution in [0.5, 0.6) is 0 Å². The molecule has 2 aromatic heterocycles. The molecule has 0 spiro atoms. The highest BCUT2D eigenvalue weighted by molar-refractivity contribution is 9.10. The van der Waals surface area contributed by atoms with E-state index >= 15 is 0 Å². The lowest BCUT2D eigenvalue weighted by molar-refractivity contribution is 0.622. The van der Waals surface area contributed by atoms with Crippen LogP contribution in [0.4, 0.5) is 10.3 Å². The van der Waals surface area contributed by atoms with Gasteiger partial charge in [0, 0.05) is 32.3 Å². The molecule has 104 valence electrons. The number of anilines is 1. The molecule has 0 unspecified atom stereocenters. The van der Waals surface area contributed by atoms with Gasteiger partial charge in [-0.2, -0.15) is 5.10 Å². The summed E-state index contributed by atoms with van der Waals surface area (Å²) in [5.41, 5.74) is 8.26. The fourth-order valence-electron chi connectivity index (χ4n) is 2.20. The molecule has 0 atom stereocenters. The maximum absolute atomic E-state index is 13.5. The fraction of sp³-hybridized carbons (Fsp3) is 0.231. The Morgan fingerprint density at radius 3 is 2.90 bits per heavy atom. The minimum Gasteiger partial charge on any atom is -0.369 e. The van der Waals surface area contributed by atoms with Crippen molar-refractivity contribution in [3.8, 4) is 0 Å². The van der Waals surface area contributed by atoms with Crippen LogP contribution in [-0.4, -0.2) is 19.3 Å². The first-order valence-corrected chi connectivity index (χ1v) is 6.93. The number of hydrogen-bond donors (Lipinski definition) is 1. The summed E-state index contributed by atoms with van der Waals surface area (Å²) < 4.78 is 17.5. The maximum Gasteiger partial charge on any atom is 0.201 e. The average Bonchev–Trinajstić information content (AvgIpc) is 2.92. The van der Waals surface area contributed by atoms with Gasteiger partial charge in [-0.1, -0.05) is 0 Å². The number of nitrogens with two attached hydrogens (primary N) is 1. The molecule has 0 saturated heterocycles. The van der Waals surface area contributed by atoms with E-state index in [0.717, 1.165) is 17.6 Å². The van der Waals surface area contributed by atoms with E-state index in [1.807, 2.05) is 23.9 Å². The lowest BCUT2D eigenvalue weighted by Crippen LogP contribution is -2.06. The van der Waals surface area contributed by atoms with E-state index < -0.39 is 0 Å². The van der Waals surface area contributed by atoms with Gasteiger partial charge in [-0.25, -0.2) is 9.37 Å². The Balaban J connectivity index is 1.94. The average molecular weight is 338 g/mol. The van der Waals surface area contributed by atoms with Gasteiger partial charge in [0.15, 0.2) is 0 Å². The van der Waals surface area contributed by atoms with Gasteiger partial charge in [-0.3, -0.25) is 4.68 Å². The molecule has 2 heterocycles. The summed E-state index contributed by atoms with van der Waals surface area (Å²) in [6.07, 6.45) is 2.64. The minimum atomic E-state index is -0.341. The van der Waals surface area contributed by atoms with Gasteiger partial charge in [0.2, 0.25) is 5.95 Å². The summed E-state index contributed by atoms with van der Waals surface area (Å²) in [7, 11) is 1.88. The molecule has 2 N–H and O–H groups in total. The standard InChI is InChI=1S/C13H13BrFN5/c1-19-4-2-8(18-19)3-5-20-12-6-9(14)10(15)7-11(12)17-13(20)16/h2,4,6-7H,3,5H2,1H3,(H2,16,17). The molecule has 0 amide bonds. The Morgan fingerprint density at radius 1 is 1.40 bits per heavy atom. The van der Waals surface area contributed by atoms with Crippen LogP contribution >= 0.6 is 15.9 Å². The Kier molecular flexibility index (Phi) is 3.21. The molecular formula is C13H13BrFN5. The topological polar surface area (TPSA) is 61.7 Å². The molecule has 0 aliphatic rings. The van der Waals surface area contributed by atoms with Gasteiger partial charge in [0.25, 0.3) is 0 Å². The van der Waals surface area contributed by atoms with Crippen molar-refractivity contribution in [2.45, 2.75) is 13.0 Å². The van der Waals surface area contributed by atoms with Gasteiger partial charge in [-0.05, 0) is 28.1 Å². The van der Waals surface area contributed by atoms with E-state index in [1.165, 1.54) is 6.07 Å². The van der Waals surface area contributed by atoms with Crippen molar-refractivity contribution < 1.29 is 4.39 Å². The van der Waals surface area contributed by atoms with Gasteiger partial charge in [0.1, 0.15) is 5.82 Å². The second-order valence-corrected chi connectivity index (χ2v) is 5.46. The lowest BCUT2D eigenvalue weighted by atomic mass is 10.3. The molecule has 3 aromatic rings. The van der Waals surface area contributed by atoms with Crippen LogP contribution in [-0.2, 0) is 20.0 Å². The summed E-state index contributed by atoms with van der Waals surface area (Å²) in [4.78, 5) is 4.19. The van der Waals surface area contributed by atoms with Gasteiger partial charge >= 0.3 is 0 Å². The molecular weight excluding hydrogens is 325 g/mol. The number of benzene rings is 1. The van der Waals surface area contributed by atoms with Crippen LogP contribution in [0.3, 0.4) is 0 Å².